The zero-order valence-electron chi connectivity index (χ0n) is 15.3. The van der Waals surface area contributed by atoms with Crippen LogP contribution in [0.5, 0.6) is 5.75 Å². The molecule has 2 heterocycles. The molecule has 1 aliphatic heterocycles. The first-order valence-electron chi connectivity index (χ1n) is 8.49. The highest BCUT2D eigenvalue weighted by Crippen LogP contribution is 2.33. The fourth-order valence-corrected chi connectivity index (χ4v) is 3.00. The molecule has 7 heteroatoms. The van der Waals surface area contributed by atoms with Crippen molar-refractivity contribution in [3.05, 3.63) is 58.9 Å². The minimum atomic E-state index is -1.40. The van der Waals surface area contributed by atoms with Crippen molar-refractivity contribution in [2.75, 3.05) is 13.7 Å². The smallest absolute Gasteiger partial charge is 0.338 e. The Bertz CT molecular complexity index is 936. The van der Waals surface area contributed by atoms with E-state index in [1.165, 1.54) is 0 Å². The third-order valence-corrected chi connectivity index (χ3v) is 4.29. The number of esters is 1. The van der Waals surface area contributed by atoms with E-state index in [-0.39, 0.29) is 29.1 Å². The van der Waals surface area contributed by atoms with E-state index in [1.54, 1.807) is 39.2 Å². The van der Waals surface area contributed by atoms with Crippen molar-refractivity contribution in [3.63, 3.8) is 0 Å². The van der Waals surface area contributed by atoms with Gasteiger partial charge in [0.2, 0.25) is 0 Å². The number of nitrogens with one attached hydrogen (secondary N) is 1. The summed E-state index contributed by atoms with van der Waals surface area (Å²) in [5, 5.41) is 13.5. The lowest BCUT2D eigenvalue weighted by atomic mass is 10.0. The minimum Gasteiger partial charge on any atom is -0.496 e. The lowest BCUT2D eigenvalue weighted by molar-refractivity contribution is -0.139. The van der Waals surface area contributed by atoms with Gasteiger partial charge in [0.05, 0.1) is 36.2 Å². The van der Waals surface area contributed by atoms with Gasteiger partial charge in [-0.2, -0.15) is 0 Å². The van der Waals surface area contributed by atoms with Gasteiger partial charge in [0, 0.05) is 11.3 Å². The summed E-state index contributed by atoms with van der Waals surface area (Å²) < 4.78 is 10.4. The number of carbonyl (C=O) groups is 2. The molecular weight excluding hydrogens is 348 g/mol. The number of fused-ring (bicyclic) bond motifs is 1. The number of hydrogen-bond donors (Lipinski definition) is 2. The van der Waals surface area contributed by atoms with E-state index in [0.717, 1.165) is 0 Å². The summed E-state index contributed by atoms with van der Waals surface area (Å²) >= 11 is 0. The number of ether oxygens (including phenoxy) is 2. The van der Waals surface area contributed by atoms with Crippen LogP contribution in [-0.4, -0.2) is 35.7 Å². The number of pyridine rings is 1. The van der Waals surface area contributed by atoms with Gasteiger partial charge in [-0.15, -0.1) is 0 Å². The second-order valence-electron chi connectivity index (χ2n) is 5.95. The van der Waals surface area contributed by atoms with Crippen LogP contribution >= 0.6 is 0 Å². The average Bonchev–Trinajstić information content (AvgIpc) is 2.76. The largest absolute Gasteiger partial charge is 0.496 e. The molecular formula is C20H20N2O5. The molecule has 1 atom stereocenters. The molecule has 0 spiro atoms. The Morgan fingerprint density at radius 2 is 1.96 bits per heavy atom. The second kappa shape index (κ2) is 7.59. The van der Waals surface area contributed by atoms with Crippen LogP contribution in [0.2, 0.25) is 0 Å². The van der Waals surface area contributed by atoms with Crippen LogP contribution in [0.1, 0.15) is 36.0 Å². The van der Waals surface area contributed by atoms with Gasteiger partial charge in [-0.3, -0.25) is 4.79 Å². The van der Waals surface area contributed by atoms with Crippen molar-refractivity contribution in [1.29, 1.82) is 0 Å². The molecule has 1 unspecified atom stereocenters. The Labute approximate surface area is 156 Å². The van der Waals surface area contributed by atoms with E-state index >= 15 is 0 Å². The summed E-state index contributed by atoms with van der Waals surface area (Å²) in [5.41, 5.74) is 1.71. The maximum absolute atomic E-state index is 12.5. The van der Waals surface area contributed by atoms with E-state index < -0.39 is 18.0 Å². The Morgan fingerprint density at radius 1 is 1.22 bits per heavy atom. The number of allylic oxidation sites excluding steroid dienone is 1. The van der Waals surface area contributed by atoms with Gasteiger partial charge in [0.1, 0.15) is 11.9 Å². The van der Waals surface area contributed by atoms with Crippen LogP contribution in [-0.2, 0) is 9.53 Å². The number of aliphatic hydroxyl groups excluding tert-OH is 1. The quantitative estimate of drug-likeness (QED) is 0.804. The maximum atomic E-state index is 12.5. The molecule has 1 aliphatic rings. The monoisotopic (exact) mass is 368 g/mol. The van der Waals surface area contributed by atoms with Crippen molar-refractivity contribution in [2.24, 2.45) is 0 Å². The first-order chi connectivity index (χ1) is 13.0. The number of para-hydroxylation sites is 1. The first kappa shape index (κ1) is 18.6. The van der Waals surface area contributed by atoms with Crippen LogP contribution in [0.4, 0.5) is 0 Å². The lowest BCUT2D eigenvalue weighted by Crippen LogP contribution is -2.23. The fraction of sp³-hybridized carbons (Fsp3) is 0.250. The van der Waals surface area contributed by atoms with Crippen LogP contribution in [0.15, 0.2) is 47.7 Å². The third kappa shape index (κ3) is 3.41. The van der Waals surface area contributed by atoms with Crippen LogP contribution in [0.25, 0.3) is 11.3 Å². The summed E-state index contributed by atoms with van der Waals surface area (Å²) in [6.45, 7) is 3.36. The van der Waals surface area contributed by atoms with Gasteiger partial charge >= 0.3 is 5.97 Å². The van der Waals surface area contributed by atoms with Gasteiger partial charge in [-0.05, 0) is 38.1 Å². The number of benzene rings is 1. The van der Waals surface area contributed by atoms with E-state index in [9.17, 15) is 14.7 Å². The number of hydrogen-bond acceptors (Lipinski definition) is 6. The average molecular weight is 368 g/mol. The highest BCUT2D eigenvalue weighted by atomic mass is 16.5. The van der Waals surface area contributed by atoms with Crippen molar-refractivity contribution in [2.45, 2.75) is 20.0 Å². The summed E-state index contributed by atoms with van der Waals surface area (Å²) in [6.07, 6.45) is -1.40. The van der Waals surface area contributed by atoms with E-state index in [0.29, 0.717) is 17.0 Å². The molecule has 0 saturated heterocycles. The molecule has 0 radical (unpaired) electrons. The van der Waals surface area contributed by atoms with Gasteiger partial charge in [0.25, 0.3) is 5.91 Å². The Balaban J connectivity index is 2.15. The molecule has 0 bridgehead atoms. The van der Waals surface area contributed by atoms with Crippen LogP contribution < -0.4 is 10.1 Å². The summed E-state index contributed by atoms with van der Waals surface area (Å²) in [5.74, 6) is -0.532. The highest BCUT2D eigenvalue weighted by molar-refractivity contribution is 6.01. The molecule has 1 aromatic heterocycles. The Hall–Kier alpha value is -3.19. The van der Waals surface area contributed by atoms with E-state index in [2.05, 4.69) is 10.3 Å². The molecule has 2 aromatic rings. The molecule has 0 fully saturated rings. The van der Waals surface area contributed by atoms with Crippen LogP contribution in [0.3, 0.4) is 0 Å². The van der Waals surface area contributed by atoms with E-state index in [1.807, 2.05) is 18.2 Å². The Kier molecular flexibility index (Phi) is 5.23. The molecule has 7 nitrogen and oxygen atoms in total. The van der Waals surface area contributed by atoms with Gasteiger partial charge in [-0.25, -0.2) is 9.78 Å². The van der Waals surface area contributed by atoms with Crippen molar-refractivity contribution in [3.8, 4) is 17.0 Å². The third-order valence-electron chi connectivity index (χ3n) is 4.29. The van der Waals surface area contributed by atoms with Crippen LogP contribution in [0, 0.1) is 0 Å². The molecule has 27 heavy (non-hydrogen) atoms. The zero-order valence-corrected chi connectivity index (χ0v) is 15.3. The number of methoxy groups -OCH3 is 1. The Morgan fingerprint density at radius 3 is 2.67 bits per heavy atom. The van der Waals surface area contributed by atoms with Gasteiger partial charge in [0.15, 0.2) is 0 Å². The topological polar surface area (TPSA) is 97.8 Å². The fourth-order valence-electron chi connectivity index (χ4n) is 3.00. The first-order valence-corrected chi connectivity index (χ1v) is 8.49. The molecule has 0 saturated carbocycles. The standard InChI is InChI=1S/C20H20N2O5/c1-4-27-20(25)16-11(2)21-19(24)13-9-10-14(22-17(13)18(16)23)12-7-5-6-8-15(12)26-3/h5-10,18,23H,4H2,1-3H3,(H,21,24). The van der Waals surface area contributed by atoms with Gasteiger partial charge in [-0.1, -0.05) is 12.1 Å². The number of nitrogens with zero attached hydrogens (tertiary/aromatic N) is 1. The molecule has 0 aliphatic carbocycles. The van der Waals surface area contributed by atoms with Gasteiger partial charge < -0.3 is 19.9 Å². The highest BCUT2D eigenvalue weighted by Gasteiger charge is 2.33. The molecule has 1 aromatic carbocycles. The lowest BCUT2D eigenvalue weighted by Gasteiger charge is -2.16. The number of aromatic nitrogens is 1. The number of rotatable bonds is 4. The minimum absolute atomic E-state index is 0.0337. The van der Waals surface area contributed by atoms with E-state index in [4.69, 9.17) is 9.47 Å². The molecule has 140 valence electrons. The number of amides is 1. The summed E-state index contributed by atoms with van der Waals surface area (Å²) in [4.78, 5) is 29.3. The number of aliphatic hydroxyl groups is 1. The predicted molar refractivity (Wildman–Crippen MR) is 98.0 cm³/mol. The van der Waals surface area contributed by atoms with Crippen molar-refractivity contribution < 1.29 is 24.2 Å². The second-order valence-corrected chi connectivity index (χ2v) is 5.95. The SMILES string of the molecule is CCOC(=O)C1=C(C)NC(=O)c2ccc(-c3ccccc3OC)nc2C1O. The molecule has 2 N–H and O–H groups in total. The summed E-state index contributed by atoms with van der Waals surface area (Å²) in [7, 11) is 1.55. The predicted octanol–water partition coefficient (Wildman–Crippen LogP) is 2.37. The van der Waals surface area contributed by atoms with Crippen molar-refractivity contribution >= 4 is 11.9 Å². The maximum Gasteiger partial charge on any atom is 0.338 e. The zero-order chi connectivity index (χ0) is 19.6. The normalized spacial score (nSPS) is 16.3. The summed E-state index contributed by atoms with van der Waals surface area (Å²) in [6, 6.07) is 10.5. The molecule has 1 amide bonds. The van der Waals surface area contributed by atoms with Crippen molar-refractivity contribution in [1.82, 2.24) is 10.3 Å². The molecule has 3 rings (SSSR count). The number of carbonyl (C=O) groups excluding carboxylic acids is 2.